The van der Waals surface area contributed by atoms with Gasteiger partial charge in [-0.15, -0.1) is 0 Å². The molecule has 0 saturated heterocycles. The van der Waals surface area contributed by atoms with E-state index in [0.717, 1.165) is 23.5 Å². The summed E-state index contributed by atoms with van der Waals surface area (Å²) in [5, 5.41) is 3.19. The number of hydrogen-bond donors (Lipinski definition) is 1. The number of carbonyl (C=O) groups is 2. The fourth-order valence-corrected chi connectivity index (χ4v) is 6.36. The lowest BCUT2D eigenvalue weighted by Gasteiger charge is -2.34. The Labute approximate surface area is 229 Å². The molecule has 0 atom stereocenters. The zero-order valence-electron chi connectivity index (χ0n) is 24.8. The van der Waals surface area contributed by atoms with Gasteiger partial charge in [-0.2, -0.15) is 0 Å². The minimum atomic E-state index is -0.0814. The fraction of sp³-hybridized carbons (Fsp3) is 0.656. The van der Waals surface area contributed by atoms with Crippen molar-refractivity contribution < 1.29 is 18.9 Å². The molecule has 38 heavy (non-hydrogen) atoms. The average Bonchev–Trinajstić information content (AvgIpc) is 3.13. The summed E-state index contributed by atoms with van der Waals surface area (Å²) < 4.78 is 9.80. The molecule has 2 saturated carbocycles. The summed E-state index contributed by atoms with van der Waals surface area (Å²) in [6, 6.07) is 6.82. The highest BCUT2D eigenvalue weighted by Gasteiger charge is 2.35. The predicted molar refractivity (Wildman–Crippen MR) is 151 cm³/mol. The zero-order valence-corrected chi connectivity index (χ0v) is 24.8. The van der Waals surface area contributed by atoms with Crippen LogP contribution in [-0.2, 0) is 34.0 Å². The van der Waals surface area contributed by atoms with Crippen LogP contribution in [0.2, 0.25) is 0 Å². The maximum atomic E-state index is 13.5. The lowest BCUT2D eigenvalue weighted by molar-refractivity contribution is -0.693. The number of ether oxygens (including phenoxy) is 1. The number of carbonyl (C=O) groups excluding carboxylic acids is 2. The van der Waals surface area contributed by atoms with Crippen molar-refractivity contribution in [1.82, 2.24) is 9.88 Å². The van der Waals surface area contributed by atoms with Gasteiger partial charge in [-0.3, -0.25) is 9.59 Å². The van der Waals surface area contributed by atoms with Gasteiger partial charge in [0, 0.05) is 65.3 Å². The van der Waals surface area contributed by atoms with Crippen molar-refractivity contribution in [3.63, 3.8) is 0 Å². The smallest absolute Gasteiger partial charge is 0.293 e. The van der Waals surface area contributed by atoms with Crippen LogP contribution in [0.4, 0.5) is 0 Å². The van der Waals surface area contributed by atoms with E-state index in [1.807, 2.05) is 0 Å². The third kappa shape index (κ3) is 6.00. The number of amides is 1. The zero-order chi connectivity index (χ0) is 27.8. The second kappa shape index (κ2) is 10.9. The van der Waals surface area contributed by atoms with Gasteiger partial charge < -0.3 is 14.6 Å². The van der Waals surface area contributed by atoms with Crippen LogP contribution in [0.1, 0.15) is 114 Å². The Hall–Kier alpha value is -2.63. The van der Waals surface area contributed by atoms with Crippen molar-refractivity contribution in [1.29, 1.82) is 0 Å². The van der Waals surface area contributed by atoms with E-state index in [-0.39, 0.29) is 28.9 Å². The van der Waals surface area contributed by atoms with Gasteiger partial charge in [0.15, 0.2) is 11.4 Å². The molecule has 0 spiro atoms. The molecule has 2 fully saturated rings. The molecule has 2 heterocycles. The van der Waals surface area contributed by atoms with Crippen LogP contribution in [0.25, 0.3) is 11.3 Å². The van der Waals surface area contributed by atoms with E-state index in [0.29, 0.717) is 25.2 Å². The largest absolute Gasteiger partial charge is 0.464 e. The third-order valence-corrected chi connectivity index (χ3v) is 8.59. The molecule has 0 aromatic carbocycles. The number of rotatable bonds is 7. The first kappa shape index (κ1) is 28.4. The molecule has 4 rings (SSSR count). The van der Waals surface area contributed by atoms with Gasteiger partial charge in [0.05, 0.1) is 5.56 Å². The van der Waals surface area contributed by atoms with Gasteiger partial charge in [0.1, 0.15) is 13.2 Å². The lowest BCUT2D eigenvalue weighted by atomic mass is 9.85. The van der Waals surface area contributed by atoms with Gasteiger partial charge in [0.2, 0.25) is 0 Å². The Kier molecular flexibility index (Phi) is 8.11. The molecule has 1 amide bonds. The molecule has 2 aromatic heterocycles. The number of hydrogen-bond acceptors (Lipinski definition) is 3. The maximum Gasteiger partial charge on any atom is 0.293 e. The van der Waals surface area contributed by atoms with Crippen molar-refractivity contribution >= 4 is 12.4 Å². The first-order valence-electron chi connectivity index (χ1n) is 14.4. The van der Waals surface area contributed by atoms with Crippen LogP contribution in [0.15, 0.2) is 18.2 Å². The monoisotopic (exact) mass is 522 g/mol. The van der Waals surface area contributed by atoms with Crippen molar-refractivity contribution in [2.45, 2.75) is 123 Å². The summed E-state index contributed by atoms with van der Waals surface area (Å²) in [4.78, 5) is 24.1. The second-order valence-corrected chi connectivity index (χ2v) is 13.7. The van der Waals surface area contributed by atoms with Crippen LogP contribution in [-0.4, -0.2) is 29.1 Å². The molecular weight excluding hydrogens is 474 g/mol. The molecule has 2 aromatic rings. The summed E-state index contributed by atoms with van der Waals surface area (Å²) in [5.41, 5.74) is 6.61. The number of nitrogens with one attached hydrogen (secondary N) is 1. The summed E-state index contributed by atoms with van der Waals surface area (Å²) in [5.74, 6) is 0.607. The van der Waals surface area contributed by atoms with Crippen molar-refractivity contribution in [2.24, 2.45) is 13.0 Å². The highest BCUT2D eigenvalue weighted by atomic mass is 16.5. The highest BCUT2D eigenvalue weighted by molar-refractivity contribution is 5.97. The Morgan fingerprint density at radius 2 is 1.61 bits per heavy atom. The molecule has 2 aliphatic carbocycles. The van der Waals surface area contributed by atoms with Crippen molar-refractivity contribution in [3.05, 3.63) is 40.8 Å². The Morgan fingerprint density at radius 3 is 2.13 bits per heavy atom. The highest BCUT2D eigenvalue weighted by Crippen LogP contribution is 2.35. The predicted octanol–water partition coefficient (Wildman–Crippen LogP) is 5.90. The van der Waals surface area contributed by atoms with E-state index in [9.17, 15) is 9.59 Å². The fourth-order valence-electron chi connectivity index (χ4n) is 6.36. The quantitative estimate of drug-likeness (QED) is 0.364. The van der Waals surface area contributed by atoms with Crippen molar-refractivity contribution in [2.75, 3.05) is 0 Å². The molecule has 0 aliphatic heterocycles. The van der Waals surface area contributed by atoms with E-state index in [4.69, 9.17) is 4.74 Å². The first-order valence-corrected chi connectivity index (χ1v) is 14.4. The number of pyridine rings is 1. The molecule has 208 valence electrons. The summed E-state index contributed by atoms with van der Waals surface area (Å²) in [6.45, 7) is 17.2. The normalized spacial score (nSPS) is 20.6. The standard InChI is InChI=1S/C32H47N3O3/c1-21-26(30(37)33-24-16-25(17-24)38-20-36)18-27(35(21)19-22-12-10-9-11-13-22)23-14-28(31(2,3)4)34(8)29(15-23)32(5,6)7/h14-15,18,20,22,24-25H,9-13,16-17,19H2,1-8H3/p+1/t24-,25-. The van der Waals surface area contributed by atoms with Crippen LogP contribution < -0.4 is 9.88 Å². The number of aromatic nitrogens is 2. The van der Waals surface area contributed by atoms with E-state index >= 15 is 0 Å². The molecule has 1 N–H and O–H groups in total. The first-order chi connectivity index (χ1) is 17.8. The van der Waals surface area contributed by atoms with Crippen molar-refractivity contribution in [3.8, 4) is 11.3 Å². The van der Waals surface area contributed by atoms with Gasteiger partial charge in [0.25, 0.3) is 12.4 Å². The van der Waals surface area contributed by atoms with Gasteiger partial charge in [-0.1, -0.05) is 60.8 Å². The minimum absolute atomic E-state index is 0.0227. The molecule has 0 radical (unpaired) electrons. The lowest BCUT2D eigenvalue weighted by Crippen LogP contribution is -2.47. The maximum absolute atomic E-state index is 13.5. The van der Waals surface area contributed by atoms with Crippen LogP contribution in [0.3, 0.4) is 0 Å². The van der Waals surface area contributed by atoms with E-state index in [2.05, 4.69) is 88.2 Å². The van der Waals surface area contributed by atoms with E-state index in [1.54, 1.807) is 0 Å². The molecule has 6 heteroatoms. The molecule has 0 bridgehead atoms. The van der Waals surface area contributed by atoms with Crippen LogP contribution in [0, 0.1) is 12.8 Å². The SMILES string of the molecule is Cc1c(C(=O)N[C@H]2C[C@H](OC=O)C2)cc(-c2cc(C(C)(C)C)[n+](C)c(C(C)(C)C)c2)n1CC1CCCCC1. The van der Waals surface area contributed by atoms with E-state index in [1.165, 1.54) is 49.1 Å². The second-order valence-electron chi connectivity index (χ2n) is 13.7. The topological polar surface area (TPSA) is 64.2 Å². The van der Waals surface area contributed by atoms with Crippen LogP contribution in [0.5, 0.6) is 0 Å². The summed E-state index contributed by atoms with van der Waals surface area (Å²) >= 11 is 0. The van der Waals surface area contributed by atoms with Gasteiger partial charge >= 0.3 is 0 Å². The van der Waals surface area contributed by atoms with Gasteiger partial charge in [-0.05, 0) is 31.7 Å². The Morgan fingerprint density at radius 1 is 1.03 bits per heavy atom. The van der Waals surface area contributed by atoms with E-state index < -0.39 is 0 Å². The molecule has 2 aliphatic rings. The summed E-state index contributed by atoms with van der Waals surface area (Å²) in [6.07, 6.45) is 7.70. The molecule has 6 nitrogen and oxygen atoms in total. The Balaban J connectivity index is 1.77. The van der Waals surface area contributed by atoms with Crippen LogP contribution >= 0.6 is 0 Å². The molecular formula is C32H48N3O3+. The number of nitrogens with zero attached hydrogens (tertiary/aromatic N) is 2. The van der Waals surface area contributed by atoms with Gasteiger partial charge in [-0.25, -0.2) is 4.57 Å². The minimum Gasteiger partial charge on any atom is -0.464 e. The average molecular weight is 523 g/mol. The summed E-state index contributed by atoms with van der Waals surface area (Å²) in [7, 11) is 2.18. The third-order valence-electron chi connectivity index (χ3n) is 8.59. The Bertz CT molecular complexity index is 1130. The molecule has 0 unspecified atom stereocenters.